The summed E-state index contributed by atoms with van der Waals surface area (Å²) in [5.74, 6) is 1.22. The largest absolute Gasteiger partial charge is 0.381 e. The smallest absolute Gasteiger partial charge is 0.0516 e. The molecule has 2 aromatic rings. The maximum absolute atomic E-state index is 5.31. The van der Waals surface area contributed by atoms with Crippen LogP contribution in [0.2, 0.25) is 0 Å². The third kappa shape index (κ3) is 2.46. The molecule has 1 heterocycles. The first-order valence-electron chi connectivity index (χ1n) is 6.61. The molecule has 0 radical (unpaired) electrons. The summed E-state index contributed by atoms with van der Waals surface area (Å²) in [6, 6.07) is 21.6. The van der Waals surface area contributed by atoms with Crippen LogP contribution in [0, 0.1) is 5.92 Å². The highest BCUT2D eigenvalue weighted by Gasteiger charge is 2.24. The van der Waals surface area contributed by atoms with Gasteiger partial charge in [0.2, 0.25) is 0 Å². The van der Waals surface area contributed by atoms with Gasteiger partial charge in [-0.3, -0.25) is 0 Å². The molecule has 92 valence electrons. The Bertz CT molecular complexity index is 434. The monoisotopic (exact) mass is 238 g/mol. The van der Waals surface area contributed by atoms with Crippen molar-refractivity contribution in [1.29, 1.82) is 0 Å². The van der Waals surface area contributed by atoms with E-state index in [1.54, 1.807) is 0 Å². The van der Waals surface area contributed by atoms with Gasteiger partial charge in [0.15, 0.2) is 0 Å². The topological polar surface area (TPSA) is 9.23 Å². The Morgan fingerprint density at radius 1 is 0.833 bits per heavy atom. The Kier molecular flexibility index (Phi) is 3.42. The molecule has 0 saturated carbocycles. The second-order valence-corrected chi connectivity index (χ2v) is 5.01. The Morgan fingerprint density at radius 2 is 1.33 bits per heavy atom. The third-order valence-electron chi connectivity index (χ3n) is 3.68. The molecule has 0 aliphatic carbocycles. The van der Waals surface area contributed by atoms with Gasteiger partial charge in [0, 0.05) is 11.8 Å². The molecule has 0 amide bonds. The summed E-state index contributed by atoms with van der Waals surface area (Å²) in [5, 5.41) is 0. The van der Waals surface area contributed by atoms with E-state index < -0.39 is 0 Å². The van der Waals surface area contributed by atoms with Crippen LogP contribution in [-0.4, -0.2) is 13.2 Å². The van der Waals surface area contributed by atoms with Gasteiger partial charge in [-0.2, -0.15) is 0 Å². The van der Waals surface area contributed by atoms with Crippen LogP contribution in [0.5, 0.6) is 0 Å². The molecule has 2 aromatic carbocycles. The van der Waals surface area contributed by atoms with E-state index in [0.717, 1.165) is 19.1 Å². The quantitative estimate of drug-likeness (QED) is 0.786. The highest BCUT2D eigenvalue weighted by molar-refractivity contribution is 5.32. The number of rotatable bonds is 4. The van der Waals surface area contributed by atoms with Gasteiger partial charge >= 0.3 is 0 Å². The molecule has 3 rings (SSSR count). The van der Waals surface area contributed by atoms with Gasteiger partial charge < -0.3 is 4.74 Å². The first kappa shape index (κ1) is 11.5. The summed E-state index contributed by atoms with van der Waals surface area (Å²) in [6.45, 7) is 1.85. The second kappa shape index (κ2) is 5.36. The van der Waals surface area contributed by atoms with Crippen LogP contribution in [0.4, 0.5) is 0 Å². The van der Waals surface area contributed by atoms with E-state index in [1.807, 2.05) is 0 Å². The summed E-state index contributed by atoms with van der Waals surface area (Å²) in [6.07, 6.45) is 1.19. The number of hydrogen-bond acceptors (Lipinski definition) is 1. The predicted molar refractivity (Wildman–Crippen MR) is 73.7 cm³/mol. The summed E-state index contributed by atoms with van der Waals surface area (Å²) in [5.41, 5.74) is 2.83. The molecule has 0 atom stereocenters. The molecule has 0 N–H and O–H groups in total. The van der Waals surface area contributed by atoms with E-state index in [1.165, 1.54) is 17.5 Å². The van der Waals surface area contributed by atoms with Crippen LogP contribution in [0.1, 0.15) is 23.5 Å². The lowest BCUT2D eigenvalue weighted by Gasteiger charge is -2.30. The average Bonchev–Trinajstić information content (AvgIpc) is 2.40. The Hall–Kier alpha value is -1.60. The van der Waals surface area contributed by atoms with Gasteiger partial charge in [-0.05, 0) is 17.5 Å². The Morgan fingerprint density at radius 3 is 1.72 bits per heavy atom. The van der Waals surface area contributed by atoms with Gasteiger partial charge in [0.05, 0.1) is 13.2 Å². The highest BCUT2D eigenvalue weighted by atomic mass is 16.5. The van der Waals surface area contributed by atoms with Crippen LogP contribution in [0.15, 0.2) is 60.7 Å². The minimum Gasteiger partial charge on any atom is -0.381 e. The maximum atomic E-state index is 5.31. The minimum atomic E-state index is 0.501. The molecule has 1 saturated heterocycles. The fraction of sp³-hybridized carbons (Fsp3) is 0.294. The zero-order chi connectivity index (χ0) is 12.2. The van der Waals surface area contributed by atoms with E-state index in [2.05, 4.69) is 60.7 Å². The van der Waals surface area contributed by atoms with E-state index in [4.69, 9.17) is 4.74 Å². The Labute approximate surface area is 108 Å². The summed E-state index contributed by atoms with van der Waals surface area (Å²) >= 11 is 0. The van der Waals surface area contributed by atoms with Crippen molar-refractivity contribution in [3.63, 3.8) is 0 Å². The lowest BCUT2D eigenvalue weighted by Crippen LogP contribution is -2.29. The molecule has 0 spiro atoms. The van der Waals surface area contributed by atoms with Crippen molar-refractivity contribution in [3.05, 3.63) is 71.8 Å². The van der Waals surface area contributed by atoms with Crippen molar-refractivity contribution in [3.8, 4) is 0 Å². The first-order valence-corrected chi connectivity index (χ1v) is 6.61. The van der Waals surface area contributed by atoms with Crippen molar-refractivity contribution in [2.75, 3.05) is 13.2 Å². The molecule has 1 aliphatic heterocycles. The van der Waals surface area contributed by atoms with Crippen molar-refractivity contribution in [2.45, 2.75) is 12.3 Å². The van der Waals surface area contributed by atoms with Gasteiger partial charge in [-0.25, -0.2) is 0 Å². The SMILES string of the molecule is c1ccc(C(CC2COC2)c2ccccc2)cc1. The fourth-order valence-corrected chi connectivity index (χ4v) is 2.59. The highest BCUT2D eigenvalue weighted by Crippen LogP contribution is 2.33. The van der Waals surface area contributed by atoms with Gasteiger partial charge in [0.25, 0.3) is 0 Å². The summed E-state index contributed by atoms with van der Waals surface area (Å²) in [4.78, 5) is 0. The molecule has 1 fully saturated rings. The van der Waals surface area contributed by atoms with E-state index in [-0.39, 0.29) is 0 Å². The van der Waals surface area contributed by atoms with Crippen molar-refractivity contribution >= 4 is 0 Å². The van der Waals surface area contributed by atoms with Crippen molar-refractivity contribution < 1.29 is 4.74 Å². The second-order valence-electron chi connectivity index (χ2n) is 5.01. The number of hydrogen-bond donors (Lipinski definition) is 0. The van der Waals surface area contributed by atoms with Crippen molar-refractivity contribution in [2.24, 2.45) is 5.92 Å². The molecule has 1 aliphatic rings. The standard InChI is InChI=1S/C17H18O/c1-3-7-15(8-4-1)17(11-14-12-18-13-14)16-9-5-2-6-10-16/h1-10,14,17H,11-13H2. The van der Waals surface area contributed by atoms with Crippen molar-refractivity contribution in [1.82, 2.24) is 0 Å². The molecule has 0 unspecified atom stereocenters. The van der Waals surface area contributed by atoms with Crippen LogP contribution >= 0.6 is 0 Å². The van der Waals surface area contributed by atoms with Crippen LogP contribution in [-0.2, 0) is 4.74 Å². The number of benzene rings is 2. The molecule has 0 aromatic heterocycles. The Balaban J connectivity index is 1.88. The predicted octanol–water partition coefficient (Wildman–Crippen LogP) is 3.86. The molecule has 0 bridgehead atoms. The molecule has 1 nitrogen and oxygen atoms in total. The summed E-state index contributed by atoms with van der Waals surface area (Å²) in [7, 11) is 0. The van der Waals surface area contributed by atoms with Gasteiger partial charge in [-0.15, -0.1) is 0 Å². The van der Waals surface area contributed by atoms with Gasteiger partial charge in [-0.1, -0.05) is 60.7 Å². The lowest BCUT2D eigenvalue weighted by molar-refractivity contribution is -0.0371. The molecule has 1 heteroatoms. The first-order chi connectivity index (χ1) is 8.93. The number of ether oxygens (including phenoxy) is 1. The fourth-order valence-electron chi connectivity index (χ4n) is 2.59. The normalized spacial score (nSPS) is 15.6. The van der Waals surface area contributed by atoms with Crippen LogP contribution in [0.25, 0.3) is 0 Å². The molecular formula is C17H18O. The maximum Gasteiger partial charge on any atom is 0.0516 e. The van der Waals surface area contributed by atoms with E-state index in [0.29, 0.717) is 5.92 Å². The van der Waals surface area contributed by atoms with Crippen LogP contribution < -0.4 is 0 Å². The zero-order valence-corrected chi connectivity index (χ0v) is 10.5. The van der Waals surface area contributed by atoms with E-state index >= 15 is 0 Å². The molecule has 18 heavy (non-hydrogen) atoms. The third-order valence-corrected chi connectivity index (χ3v) is 3.68. The molecular weight excluding hydrogens is 220 g/mol. The minimum absolute atomic E-state index is 0.501. The van der Waals surface area contributed by atoms with Crippen LogP contribution in [0.3, 0.4) is 0 Å². The summed E-state index contributed by atoms with van der Waals surface area (Å²) < 4.78 is 5.31. The van der Waals surface area contributed by atoms with Gasteiger partial charge in [0.1, 0.15) is 0 Å². The zero-order valence-electron chi connectivity index (χ0n) is 10.5. The lowest BCUT2D eigenvalue weighted by atomic mass is 9.83. The average molecular weight is 238 g/mol. The van der Waals surface area contributed by atoms with E-state index in [9.17, 15) is 0 Å².